The summed E-state index contributed by atoms with van der Waals surface area (Å²) in [7, 11) is 0. The lowest BCUT2D eigenvalue weighted by atomic mass is 9.81. The average molecular weight is 339 g/mol. The number of ether oxygens (including phenoxy) is 1. The fraction of sp³-hybridized carbons (Fsp3) is 0.955. The van der Waals surface area contributed by atoms with Crippen molar-refractivity contribution in [2.24, 2.45) is 11.8 Å². The minimum atomic E-state index is 0.00331. The Labute approximate surface area is 151 Å². The van der Waals surface area contributed by atoms with Crippen molar-refractivity contribution in [3.63, 3.8) is 0 Å². The van der Waals surface area contributed by atoms with Gasteiger partial charge in [-0.05, 0) is 31.1 Å². The van der Waals surface area contributed by atoms with E-state index in [2.05, 4.69) is 13.8 Å². The summed E-state index contributed by atoms with van der Waals surface area (Å²) < 4.78 is 5.31. The molecular formula is C22H42O2. The summed E-state index contributed by atoms with van der Waals surface area (Å²) in [6, 6.07) is 0. The quantitative estimate of drug-likeness (QED) is 0.281. The highest BCUT2D eigenvalue weighted by Gasteiger charge is 2.17. The summed E-state index contributed by atoms with van der Waals surface area (Å²) in [5, 5.41) is 0. The van der Waals surface area contributed by atoms with E-state index in [1.807, 2.05) is 0 Å². The van der Waals surface area contributed by atoms with E-state index in [-0.39, 0.29) is 5.97 Å². The number of carbonyl (C=O) groups is 1. The fourth-order valence-corrected chi connectivity index (χ4v) is 4.05. The van der Waals surface area contributed by atoms with Crippen molar-refractivity contribution >= 4 is 5.97 Å². The molecule has 1 fully saturated rings. The first-order chi connectivity index (χ1) is 11.8. The van der Waals surface area contributed by atoms with E-state index in [0.717, 1.165) is 37.5 Å². The zero-order chi connectivity index (χ0) is 17.5. The van der Waals surface area contributed by atoms with Crippen LogP contribution in [0.4, 0.5) is 0 Å². The van der Waals surface area contributed by atoms with Gasteiger partial charge in [-0.3, -0.25) is 4.79 Å². The molecule has 0 N–H and O–H groups in total. The first-order valence-corrected chi connectivity index (χ1v) is 10.9. The highest BCUT2D eigenvalue weighted by molar-refractivity contribution is 5.69. The SMILES string of the molecule is CCCCCC(=O)OCCCCCCC1CCCCCC(CC)C1. The third kappa shape index (κ3) is 11.1. The van der Waals surface area contributed by atoms with Gasteiger partial charge in [0.05, 0.1) is 6.61 Å². The molecule has 2 nitrogen and oxygen atoms in total. The van der Waals surface area contributed by atoms with Gasteiger partial charge in [0.1, 0.15) is 0 Å². The average Bonchev–Trinajstić information content (AvgIpc) is 2.56. The molecule has 0 spiro atoms. The molecule has 1 saturated carbocycles. The van der Waals surface area contributed by atoms with Crippen LogP contribution in [-0.2, 0) is 9.53 Å². The minimum Gasteiger partial charge on any atom is -0.466 e. The summed E-state index contributed by atoms with van der Waals surface area (Å²) in [6.45, 7) is 5.16. The highest BCUT2D eigenvalue weighted by atomic mass is 16.5. The van der Waals surface area contributed by atoms with E-state index in [0.29, 0.717) is 13.0 Å². The Hall–Kier alpha value is -0.530. The number of unbranched alkanes of at least 4 members (excludes halogenated alkanes) is 5. The van der Waals surface area contributed by atoms with Gasteiger partial charge < -0.3 is 4.74 Å². The van der Waals surface area contributed by atoms with Gasteiger partial charge in [0.2, 0.25) is 0 Å². The summed E-state index contributed by atoms with van der Waals surface area (Å²) >= 11 is 0. The monoisotopic (exact) mass is 338 g/mol. The summed E-state index contributed by atoms with van der Waals surface area (Å²) in [5.41, 5.74) is 0. The Morgan fingerprint density at radius 1 is 0.875 bits per heavy atom. The second kappa shape index (κ2) is 14.8. The number of carbonyl (C=O) groups excluding carboxylic acids is 1. The first-order valence-electron chi connectivity index (χ1n) is 10.9. The van der Waals surface area contributed by atoms with E-state index in [4.69, 9.17) is 4.74 Å². The lowest BCUT2D eigenvalue weighted by Gasteiger charge is -2.25. The van der Waals surface area contributed by atoms with Crippen LogP contribution < -0.4 is 0 Å². The van der Waals surface area contributed by atoms with E-state index in [1.54, 1.807) is 0 Å². The van der Waals surface area contributed by atoms with Crippen molar-refractivity contribution < 1.29 is 9.53 Å². The molecule has 142 valence electrons. The maximum atomic E-state index is 11.5. The second-order valence-electron chi connectivity index (χ2n) is 7.89. The molecule has 2 heteroatoms. The van der Waals surface area contributed by atoms with Gasteiger partial charge >= 0.3 is 5.97 Å². The summed E-state index contributed by atoms with van der Waals surface area (Å²) in [5.74, 6) is 1.97. The zero-order valence-corrected chi connectivity index (χ0v) is 16.5. The normalized spacial score (nSPS) is 21.9. The number of esters is 1. The number of hydrogen-bond donors (Lipinski definition) is 0. The van der Waals surface area contributed by atoms with Crippen LogP contribution in [0.1, 0.15) is 117 Å². The van der Waals surface area contributed by atoms with Gasteiger partial charge in [-0.15, -0.1) is 0 Å². The molecule has 0 aliphatic heterocycles. The first kappa shape index (κ1) is 21.5. The predicted molar refractivity (Wildman–Crippen MR) is 103 cm³/mol. The molecule has 0 saturated heterocycles. The Bertz CT molecular complexity index is 300. The second-order valence-corrected chi connectivity index (χ2v) is 7.89. The molecule has 1 aliphatic carbocycles. The molecule has 2 atom stereocenters. The predicted octanol–water partition coefficient (Wildman–Crippen LogP) is 7.06. The maximum absolute atomic E-state index is 11.5. The molecule has 1 rings (SSSR count). The van der Waals surface area contributed by atoms with E-state index in [9.17, 15) is 4.79 Å². The molecule has 24 heavy (non-hydrogen) atoms. The van der Waals surface area contributed by atoms with Crippen LogP contribution in [0.15, 0.2) is 0 Å². The van der Waals surface area contributed by atoms with Gasteiger partial charge in [0, 0.05) is 6.42 Å². The molecule has 2 unspecified atom stereocenters. The lowest BCUT2D eigenvalue weighted by Crippen LogP contribution is -2.12. The Morgan fingerprint density at radius 3 is 2.38 bits per heavy atom. The maximum Gasteiger partial charge on any atom is 0.305 e. The Morgan fingerprint density at radius 2 is 1.62 bits per heavy atom. The van der Waals surface area contributed by atoms with Crippen molar-refractivity contribution in [1.82, 2.24) is 0 Å². The van der Waals surface area contributed by atoms with Crippen LogP contribution in [0.5, 0.6) is 0 Å². The van der Waals surface area contributed by atoms with Crippen molar-refractivity contribution in [3.8, 4) is 0 Å². The Balaban J connectivity index is 1.97. The van der Waals surface area contributed by atoms with Gasteiger partial charge in [0.15, 0.2) is 0 Å². The van der Waals surface area contributed by atoms with Crippen molar-refractivity contribution in [2.45, 2.75) is 117 Å². The molecule has 0 aromatic carbocycles. The summed E-state index contributed by atoms with van der Waals surface area (Å²) in [6.07, 6.45) is 20.4. The Kier molecular flexibility index (Phi) is 13.3. The third-order valence-corrected chi connectivity index (χ3v) is 5.72. The van der Waals surface area contributed by atoms with Crippen LogP contribution in [0.3, 0.4) is 0 Å². The molecule has 0 heterocycles. The molecular weight excluding hydrogens is 296 g/mol. The van der Waals surface area contributed by atoms with Gasteiger partial charge in [0.25, 0.3) is 0 Å². The van der Waals surface area contributed by atoms with Crippen LogP contribution in [0.2, 0.25) is 0 Å². The standard InChI is InChI=1S/C22H42O2/c1-3-5-9-17-22(23)24-18-13-7-6-10-15-21-16-12-8-11-14-20(4-2)19-21/h20-21H,3-19H2,1-2H3. The van der Waals surface area contributed by atoms with E-state index >= 15 is 0 Å². The molecule has 0 radical (unpaired) electrons. The number of rotatable bonds is 12. The third-order valence-electron chi connectivity index (χ3n) is 5.72. The van der Waals surface area contributed by atoms with Crippen molar-refractivity contribution in [2.75, 3.05) is 6.61 Å². The topological polar surface area (TPSA) is 26.3 Å². The lowest BCUT2D eigenvalue weighted by molar-refractivity contribution is -0.143. The molecule has 1 aliphatic rings. The van der Waals surface area contributed by atoms with E-state index in [1.165, 1.54) is 70.6 Å². The zero-order valence-electron chi connectivity index (χ0n) is 16.5. The van der Waals surface area contributed by atoms with Gasteiger partial charge in [-0.25, -0.2) is 0 Å². The van der Waals surface area contributed by atoms with Gasteiger partial charge in [-0.2, -0.15) is 0 Å². The molecule has 0 bridgehead atoms. The smallest absolute Gasteiger partial charge is 0.305 e. The summed E-state index contributed by atoms with van der Waals surface area (Å²) in [4.78, 5) is 11.5. The molecule has 0 aromatic heterocycles. The van der Waals surface area contributed by atoms with Crippen LogP contribution in [0, 0.1) is 11.8 Å². The molecule has 0 aromatic rings. The molecule has 0 amide bonds. The largest absolute Gasteiger partial charge is 0.466 e. The number of hydrogen-bond acceptors (Lipinski definition) is 2. The minimum absolute atomic E-state index is 0.00331. The fourth-order valence-electron chi connectivity index (χ4n) is 4.05. The van der Waals surface area contributed by atoms with Crippen molar-refractivity contribution in [3.05, 3.63) is 0 Å². The van der Waals surface area contributed by atoms with Gasteiger partial charge in [-0.1, -0.05) is 90.9 Å². The van der Waals surface area contributed by atoms with E-state index < -0.39 is 0 Å². The highest BCUT2D eigenvalue weighted by Crippen LogP contribution is 2.31. The van der Waals surface area contributed by atoms with Crippen LogP contribution in [-0.4, -0.2) is 12.6 Å². The van der Waals surface area contributed by atoms with Crippen LogP contribution >= 0.6 is 0 Å². The van der Waals surface area contributed by atoms with Crippen LogP contribution in [0.25, 0.3) is 0 Å². The van der Waals surface area contributed by atoms with Crippen molar-refractivity contribution in [1.29, 1.82) is 0 Å².